The lowest BCUT2D eigenvalue weighted by molar-refractivity contribution is 0.622. The summed E-state index contributed by atoms with van der Waals surface area (Å²) in [6, 6.07) is 9.11. The van der Waals surface area contributed by atoms with Crippen LogP contribution in [0.25, 0.3) is 17.2 Å². The van der Waals surface area contributed by atoms with Crippen molar-refractivity contribution in [3.05, 3.63) is 59.4 Å². The van der Waals surface area contributed by atoms with Gasteiger partial charge in [-0.2, -0.15) is 0 Å². The maximum Gasteiger partial charge on any atom is 0.234 e. The van der Waals surface area contributed by atoms with Crippen molar-refractivity contribution in [3.63, 3.8) is 0 Å². The first kappa shape index (κ1) is 17.4. The molecule has 28 heavy (non-hydrogen) atoms. The van der Waals surface area contributed by atoms with E-state index in [1.807, 2.05) is 36.6 Å². The van der Waals surface area contributed by atoms with Gasteiger partial charge in [0.2, 0.25) is 5.78 Å². The quantitative estimate of drug-likeness (QED) is 0.471. The van der Waals surface area contributed by atoms with Gasteiger partial charge in [-0.3, -0.25) is 8.97 Å². The van der Waals surface area contributed by atoms with Crippen LogP contribution in [0.2, 0.25) is 0 Å². The largest absolute Gasteiger partial charge is 0.299 e. The number of fused-ring (bicyclic) bond motifs is 1. The molecular weight excluding hydrogens is 375 g/mol. The lowest BCUT2D eigenvalue weighted by Gasteiger charge is -2.08. The predicted molar refractivity (Wildman–Crippen MR) is 106 cm³/mol. The highest BCUT2D eigenvalue weighted by Crippen LogP contribution is 2.41. The van der Waals surface area contributed by atoms with E-state index in [1.54, 1.807) is 23.9 Å². The number of aryl methyl sites for hydroxylation is 2. The van der Waals surface area contributed by atoms with Crippen molar-refractivity contribution in [1.29, 1.82) is 0 Å². The molecule has 0 saturated heterocycles. The normalized spacial score (nSPS) is 14.1. The second-order valence-corrected chi connectivity index (χ2v) is 8.06. The van der Waals surface area contributed by atoms with Crippen LogP contribution in [0.15, 0.2) is 41.7 Å². The van der Waals surface area contributed by atoms with Crippen molar-refractivity contribution >= 4 is 17.5 Å². The first-order chi connectivity index (χ1) is 13.6. The van der Waals surface area contributed by atoms with Gasteiger partial charge in [-0.15, -0.1) is 10.2 Å². The van der Waals surface area contributed by atoms with Crippen molar-refractivity contribution in [2.45, 2.75) is 43.6 Å². The summed E-state index contributed by atoms with van der Waals surface area (Å²) in [6.07, 6.45) is 4.16. The monoisotopic (exact) mass is 394 g/mol. The zero-order valence-corrected chi connectivity index (χ0v) is 16.4. The fourth-order valence-electron chi connectivity index (χ4n) is 3.39. The third kappa shape index (κ3) is 3.07. The minimum atomic E-state index is -0.273. The minimum absolute atomic E-state index is 0.273. The molecule has 3 heterocycles. The number of benzene rings is 1. The number of thioether (sulfide) groups is 1. The summed E-state index contributed by atoms with van der Waals surface area (Å²) in [4.78, 5) is 9.12. The molecule has 1 fully saturated rings. The van der Waals surface area contributed by atoms with Crippen molar-refractivity contribution in [3.8, 4) is 11.4 Å². The van der Waals surface area contributed by atoms with Gasteiger partial charge in [0.1, 0.15) is 5.82 Å². The number of hydrogen-bond acceptors (Lipinski definition) is 5. The van der Waals surface area contributed by atoms with Crippen LogP contribution in [0.5, 0.6) is 0 Å². The first-order valence-electron chi connectivity index (χ1n) is 9.25. The van der Waals surface area contributed by atoms with Gasteiger partial charge < -0.3 is 0 Å². The van der Waals surface area contributed by atoms with Gasteiger partial charge in [-0.25, -0.2) is 14.4 Å². The second kappa shape index (κ2) is 6.70. The summed E-state index contributed by atoms with van der Waals surface area (Å²) in [5.41, 5.74) is 3.49. The van der Waals surface area contributed by atoms with E-state index in [9.17, 15) is 4.39 Å². The third-order valence-electron chi connectivity index (χ3n) is 4.85. The lowest BCUT2D eigenvalue weighted by Crippen LogP contribution is -2.01. The number of nitrogens with zero attached hydrogens (tertiary/aromatic N) is 6. The van der Waals surface area contributed by atoms with E-state index >= 15 is 0 Å². The Balaban J connectivity index is 1.45. The molecule has 1 aliphatic carbocycles. The van der Waals surface area contributed by atoms with E-state index < -0.39 is 0 Å². The van der Waals surface area contributed by atoms with Gasteiger partial charge in [-0.05, 0) is 44.9 Å². The molecule has 0 amide bonds. The molecule has 0 aliphatic heterocycles. The molecule has 8 heteroatoms. The molecule has 0 spiro atoms. The summed E-state index contributed by atoms with van der Waals surface area (Å²) in [5.74, 6) is 1.70. The van der Waals surface area contributed by atoms with Gasteiger partial charge in [0.05, 0.1) is 11.3 Å². The van der Waals surface area contributed by atoms with Crippen LogP contribution in [0.4, 0.5) is 4.39 Å². The maximum absolute atomic E-state index is 14.3. The molecule has 0 unspecified atom stereocenters. The van der Waals surface area contributed by atoms with Crippen LogP contribution >= 0.6 is 11.8 Å². The van der Waals surface area contributed by atoms with E-state index in [1.165, 1.54) is 6.07 Å². The maximum atomic E-state index is 14.3. The van der Waals surface area contributed by atoms with Gasteiger partial charge >= 0.3 is 0 Å². The Morgan fingerprint density at radius 3 is 2.75 bits per heavy atom. The van der Waals surface area contributed by atoms with E-state index in [-0.39, 0.29) is 5.82 Å². The van der Waals surface area contributed by atoms with Crippen molar-refractivity contribution in [2.75, 3.05) is 0 Å². The zero-order chi connectivity index (χ0) is 19.3. The number of imidazole rings is 1. The minimum Gasteiger partial charge on any atom is -0.299 e. The molecule has 0 N–H and O–H groups in total. The average molecular weight is 394 g/mol. The molecule has 1 aliphatic rings. The lowest BCUT2D eigenvalue weighted by atomic mass is 10.2. The molecule has 0 atom stereocenters. The van der Waals surface area contributed by atoms with Gasteiger partial charge in [-0.1, -0.05) is 23.9 Å². The standard InChI is InChI=1S/C20H19FN6S/c1-12-9-13(2)26-10-14(23-19(26)22-12)11-28-20-25-24-18(27(20)15-7-8-15)16-5-3-4-6-17(16)21/h3-6,9-10,15H,7-8,11H2,1-2H3. The highest BCUT2D eigenvalue weighted by molar-refractivity contribution is 7.98. The fourth-order valence-corrected chi connectivity index (χ4v) is 4.28. The predicted octanol–water partition coefficient (Wildman–Crippen LogP) is 4.37. The topological polar surface area (TPSA) is 60.9 Å². The average Bonchev–Trinajstić information content (AvgIpc) is 3.28. The van der Waals surface area contributed by atoms with Crippen molar-refractivity contribution in [2.24, 2.45) is 0 Å². The summed E-state index contributed by atoms with van der Waals surface area (Å²) >= 11 is 1.58. The van der Waals surface area contributed by atoms with Crippen LogP contribution in [0, 0.1) is 19.7 Å². The molecule has 4 aromatic rings. The summed E-state index contributed by atoms with van der Waals surface area (Å²) in [6.45, 7) is 4.02. The van der Waals surface area contributed by atoms with Crippen LogP contribution < -0.4 is 0 Å². The Morgan fingerprint density at radius 1 is 1.14 bits per heavy atom. The summed E-state index contributed by atoms with van der Waals surface area (Å²) < 4.78 is 18.4. The Hall–Kier alpha value is -2.74. The van der Waals surface area contributed by atoms with E-state index in [4.69, 9.17) is 0 Å². The zero-order valence-electron chi connectivity index (χ0n) is 15.6. The van der Waals surface area contributed by atoms with Crippen LogP contribution in [-0.2, 0) is 5.75 Å². The van der Waals surface area contributed by atoms with E-state index in [2.05, 4.69) is 24.7 Å². The molecule has 0 bridgehead atoms. The van der Waals surface area contributed by atoms with E-state index in [0.717, 1.165) is 35.1 Å². The Bertz CT molecular complexity index is 1180. The molecule has 0 radical (unpaired) electrons. The molecule has 1 saturated carbocycles. The fraction of sp³-hybridized carbons (Fsp3) is 0.300. The van der Waals surface area contributed by atoms with Gasteiger partial charge in [0.25, 0.3) is 0 Å². The Labute approximate surface area is 165 Å². The van der Waals surface area contributed by atoms with Crippen LogP contribution in [0.1, 0.15) is 36.0 Å². The van der Waals surface area contributed by atoms with E-state index in [0.29, 0.717) is 29.0 Å². The molecule has 1 aromatic carbocycles. The smallest absolute Gasteiger partial charge is 0.234 e. The highest BCUT2D eigenvalue weighted by Gasteiger charge is 2.31. The summed E-state index contributed by atoms with van der Waals surface area (Å²) in [7, 11) is 0. The van der Waals surface area contributed by atoms with Crippen LogP contribution in [-0.4, -0.2) is 29.1 Å². The highest BCUT2D eigenvalue weighted by atomic mass is 32.2. The number of hydrogen-bond donors (Lipinski definition) is 0. The molecule has 3 aromatic heterocycles. The molecule has 6 nitrogen and oxygen atoms in total. The van der Waals surface area contributed by atoms with Gasteiger partial charge in [0, 0.05) is 29.4 Å². The number of rotatable bonds is 5. The summed E-state index contributed by atoms with van der Waals surface area (Å²) in [5, 5.41) is 9.46. The van der Waals surface area contributed by atoms with Crippen molar-refractivity contribution < 1.29 is 4.39 Å². The SMILES string of the molecule is Cc1cc(C)n2cc(CSc3nnc(-c4ccccc4F)n3C3CC3)nc2n1. The molecule has 142 valence electrons. The Morgan fingerprint density at radius 2 is 1.96 bits per heavy atom. The van der Waals surface area contributed by atoms with Crippen LogP contribution in [0.3, 0.4) is 0 Å². The first-order valence-corrected chi connectivity index (χ1v) is 10.2. The van der Waals surface area contributed by atoms with Crippen molar-refractivity contribution in [1.82, 2.24) is 29.1 Å². The third-order valence-corrected chi connectivity index (χ3v) is 5.83. The Kier molecular flexibility index (Phi) is 4.16. The molecule has 5 rings (SSSR count). The molecular formula is C20H19FN6S. The number of halogens is 1. The second-order valence-electron chi connectivity index (χ2n) is 7.12. The number of aromatic nitrogens is 6. The van der Waals surface area contributed by atoms with Gasteiger partial charge in [0.15, 0.2) is 11.0 Å².